The van der Waals surface area contributed by atoms with Crippen LogP contribution < -0.4 is 11.1 Å². The molecule has 20 heavy (non-hydrogen) atoms. The van der Waals surface area contributed by atoms with Crippen molar-refractivity contribution < 1.29 is 10.0 Å². The maximum Gasteiger partial charge on any atom is 0.227 e. The predicted molar refractivity (Wildman–Crippen MR) is 78.7 cm³/mol. The molecule has 0 spiro atoms. The van der Waals surface area contributed by atoms with Crippen LogP contribution in [0.15, 0.2) is 29.4 Å². The fourth-order valence-corrected chi connectivity index (χ4v) is 2.55. The highest BCUT2D eigenvalue weighted by molar-refractivity contribution is 5.98. The van der Waals surface area contributed by atoms with Crippen LogP contribution in [0.25, 0.3) is 0 Å². The third-order valence-corrected chi connectivity index (χ3v) is 3.94. The number of oxime groups is 1. The molecular weight excluding hydrogens is 254 g/mol. The summed E-state index contributed by atoms with van der Waals surface area (Å²) in [6, 6.07) is 6.95. The number of hydrogen-bond donors (Lipinski definition) is 3. The van der Waals surface area contributed by atoms with E-state index < -0.39 is 0 Å². The van der Waals surface area contributed by atoms with Crippen molar-refractivity contribution in [3.8, 4) is 0 Å². The lowest BCUT2D eigenvalue weighted by Crippen LogP contribution is -2.26. The molecule has 0 saturated heterocycles. The number of nitrogens with one attached hydrogen (secondary N) is 1. The van der Waals surface area contributed by atoms with Crippen molar-refractivity contribution in [3.05, 3.63) is 29.8 Å². The molecule has 0 radical (unpaired) electrons. The van der Waals surface area contributed by atoms with Gasteiger partial charge in [-0.1, -0.05) is 12.1 Å². The Labute approximate surface area is 118 Å². The van der Waals surface area contributed by atoms with Gasteiger partial charge in [-0.25, -0.2) is 0 Å². The van der Waals surface area contributed by atoms with Crippen molar-refractivity contribution in [1.82, 2.24) is 0 Å². The van der Waals surface area contributed by atoms with Gasteiger partial charge in [0.2, 0.25) is 5.91 Å². The lowest BCUT2D eigenvalue weighted by atomic mass is 9.82. The third kappa shape index (κ3) is 3.50. The Bertz CT molecular complexity index is 488. The normalized spacial score (nSPS) is 23.4. The van der Waals surface area contributed by atoms with E-state index in [0.717, 1.165) is 37.3 Å². The van der Waals surface area contributed by atoms with Gasteiger partial charge in [0.25, 0.3) is 0 Å². The quantitative estimate of drug-likeness (QED) is 0.343. The van der Waals surface area contributed by atoms with Gasteiger partial charge in [-0.2, -0.15) is 0 Å². The molecular formula is C15H21N3O2. The molecule has 4 N–H and O–H groups in total. The van der Waals surface area contributed by atoms with E-state index in [9.17, 15) is 4.79 Å². The Balaban J connectivity index is 1.94. The molecule has 108 valence electrons. The largest absolute Gasteiger partial charge is 0.409 e. The smallest absolute Gasteiger partial charge is 0.227 e. The Morgan fingerprint density at radius 1 is 1.25 bits per heavy atom. The van der Waals surface area contributed by atoms with Gasteiger partial charge in [-0.15, -0.1) is 0 Å². The van der Waals surface area contributed by atoms with E-state index in [-0.39, 0.29) is 17.7 Å². The first-order valence-corrected chi connectivity index (χ1v) is 6.99. The second-order valence-corrected chi connectivity index (χ2v) is 5.51. The number of amides is 1. The van der Waals surface area contributed by atoms with Crippen LogP contribution >= 0.6 is 0 Å². The highest BCUT2D eigenvalue weighted by atomic mass is 16.4. The minimum Gasteiger partial charge on any atom is -0.409 e. The summed E-state index contributed by atoms with van der Waals surface area (Å²) in [6.45, 7) is 2.24. The number of carbonyl (C=O) groups excluding carboxylic acids is 1. The van der Waals surface area contributed by atoms with Crippen molar-refractivity contribution in [1.29, 1.82) is 0 Å². The number of benzene rings is 1. The monoisotopic (exact) mass is 275 g/mol. The van der Waals surface area contributed by atoms with E-state index in [1.165, 1.54) is 0 Å². The summed E-state index contributed by atoms with van der Waals surface area (Å²) >= 11 is 0. The number of nitrogens with zero attached hydrogens (tertiary/aromatic N) is 1. The number of nitrogens with two attached hydrogens (primary N) is 1. The molecule has 5 nitrogen and oxygen atoms in total. The minimum atomic E-state index is 0.0594. The van der Waals surface area contributed by atoms with Crippen LogP contribution in [0.4, 0.5) is 5.69 Å². The summed E-state index contributed by atoms with van der Waals surface area (Å²) in [4.78, 5) is 12.1. The summed E-state index contributed by atoms with van der Waals surface area (Å²) in [5.41, 5.74) is 6.85. The molecule has 0 unspecified atom stereocenters. The molecule has 0 aromatic heterocycles. The average molecular weight is 275 g/mol. The topological polar surface area (TPSA) is 87.7 Å². The van der Waals surface area contributed by atoms with Crippen LogP contribution in [0.1, 0.15) is 38.2 Å². The Kier molecular flexibility index (Phi) is 4.61. The predicted octanol–water partition coefficient (Wildman–Crippen LogP) is 2.55. The fraction of sp³-hybridized carbons (Fsp3) is 0.467. The van der Waals surface area contributed by atoms with Crippen LogP contribution in [0.2, 0.25) is 0 Å². The molecule has 1 fully saturated rings. The van der Waals surface area contributed by atoms with Crippen LogP contribution in [0.3, 0.4) is 0 Å². The zero-order valence-electron chi connectivity index (χ0n) is 11.7. The first kappa shape index (κ1) is 14.4. The number of carbonyl (C=O) groups is 1. The standard InChI is InChI=1S/C15H21N3O2/c1-10-2-4-12(5-3-10)15(19)17-13-8-6-11(7-9-13)14(16)18-20/h6-10,12,20H,2-5H2,1H3,(H2,16,18)(H,17,19). The second kappa shape index (κ2) is 6.41. The van der Waals surface area contributed by atoms with Crippen LogP contribution in [0, 0.1) is 11.8 Å². The van der Waals surface area contributed by atoms with Crippen molar-refractivity contribution in [2.75, 3.05) is 5.32 Å². The van der Waals surface area contributed by atoms with E-state index in [4.69, 9.17) is 10.9 Å². The zero-order chi connectivity index (χ0) is 14.5. The number of amidine groups is 1. The molecule has 0 atom stereocenters. The van der Waals surface area contributed by atoms with Gasteiger partial charge in [-0.3, -0.25) is 4.79 Å². The molecule has 1 aliphatic rings. The lowest BCUT2D eigenvalue weighted by molar-refractivity contribution is -0.121. The van der Waals surface area contributed by atoms with Crippen molar-refractivity contribution >= 4 is 17.4 Å². The zero-order valence-corrected chi connectivity index (χ0v) is 11.7. The second-order valence-electron chi connectivity index (χ2n) is 5.51. The first-order valence-electron chi connectivity index (χ1n) is 6.99. The van der Waals surface area contributed by atoms with E-state index >= 15 is 0 Å². The molecule has 1 amide bonds. The van der Waals surface area contributed by atoms with E-state index in [1.807, 2.05) is 0 Å². The Hall–Kier alpha value is -2.04. The first-order chi connectivity index (χ1) is 9.60. The van der Waals surface area contributed by atoms with Crippen molar-refractivity contribution in [2.45, 2.75) is 32.6 Å². The highest BCUT2D eigenvalue weighted by Crippen LogP contribution is 2.29. The van der Waals surface area contributed by atoms with Gasteiger partial charge >= 0.3 is 0 Å². The number of anilines is 1. The maximum atomic E-state index is 12.1. The SMILES string of the molecule is CC1CCC(C(=O)Nc2ccc(/C(N)=N/O)cc2)CC1. The number of rotatable bonds is 3. The maximum absolute atomic E-state index is 12.1. The van der Waals surface area contributed by atoms with E-state index in [0.29, 0.717) is 5.56 Å². The summed E-state index contributed by atoms with van der Waals surface area (Å²) in [7, 11) is 0. The van der Waals surface area contributed by atoms with Gasteiger partial charge in [0.05, 0.1) is 0 Å². The summed E-state index contributed by atoms with van der Waals surface area (Å²) < 4.78 is 0. The number of hydrogen-bond acceptors (Lipinski definition) is 3. The van der Waals surface area contributed by atoms with Gasteiger partial charge in [0.15, 0.2) is 5.84 Å². The van der Waals surface area contributed by atoms with Crippen molar-refractivity contribution in [3.63, 3.8) is 0 Å². The summed E-state index contributed by atoms with van der Waals surface area (Å²) in [5, 5.41) is 14.5. The average Bonchev–Trinajstić information content (AvgIpc) is 2.48. The van der Waals surface area contributed by atoms with Gasteiger partial charge in [0, 0.05) is 17.2 Å². The third-order valence-electron chi connectivity index (χ3n) is 3.94. The van der Waals surface area contributed by atoms with E-state index in [1.54, 1.807) is 24.3 Å². The molecule has 5 heteroatoms. The molecule has 2 rings (SSSR count). The lowest BCUT2D eigenvalue weighted by Gasteiger charge is -2.25. The fourth-order valence-electron chi connectivity index (χ4n) is 2.55. The Morgan fingerprint density at radius 3 is 2.40 bits per heavy atom. The van der Waals surface area contributed by atoms with Gasteiger partial charge in [0.1, 0.15) is 0 Å². The van der Waals surface area contributed by atoms with Crippen LogP contribution in [-0.4, -0.2) is 17.0 Å². The van der Waals surface area contributed by atoms with Crippen molar-refractivity contribution in [2.24, 2.45) is 22.7 Å². The van der Waals surface area contributed by atoms with E-state index in [2.05, 4.69) is 17.4 Å². The Morgan fingerprint density at radius 2 is 1.85 bits per heavy atom. The van der Waals surface area contributed by atoms with Gasteiger partial charge < -0.3 is 16.3 Å². The molecule has 1 saturated carbocycles. The molecule has 0 heterocycles. The summed E-state index contributed by atoms with van der Waals surface area (Å²) in [6.07, 6.45) is 4.19. The molecule has 0 bridgehead atoms. The van der Waals surface area contributed by atoms with Gasteiger partial charge in [-0.05, 0) is 55.9 Å². The molecule has 1 aromatic carbocycles. The highest BCUT2D eigenvalue weighted by Gasteiger charge is 2.24. The minimum absolute atomic E-state index is 0.0594. The molecule has 1 aliphatic carbocycles. The molecule has 0 aliphatic heterocycles. The summed E-state index contributed by atoms with van der Waals surface area (Å²) in [5.74, 6) is 1.01. The molecule has 1 aromatic rings. The van der Waals surface area contributed by atoms with Crippen LogP contribution in [0.5, 0.6) is 0 Å². The van der Waals surface area contributed by atoms with Crippen LogP contribution in [-0.2, 0) is 4.79 Å².